The van der Waals surface area contributed by atoms with E-state index in [9.17, 15) is 0 Å². The van der Waals surface area contributed by atoms with Crippen LogP contribution in [0.25, 0.3) is 0 Å². The van der Waals surface area contributed by atoms with Gasteiger partial charge in [-0.3, -0.25) is 4.90 Å². The van der Waals surface area contributed by atoms with E-state index in [1.807, 2.05) is 6.08 Å². The zero-order valence-electron chi connectivity index (χ0n) is 11.4. The fraction of sp³-hybridized carbons (Fsp3) is 0.500. The smallest absolute Gasteiger partial charge is 0.0237 e. The fourth-order valence-electron chi connectivity index (χ4n) is 1.81. The van der Waals surface area contributed by atoms with Gasteiger partial charge in [-0.1, -0.05) is 49.8 Å². The Labute approximate surface area is 106 Å². The normalized spacial score (nSPS) is 11.1. The molecule has 0 amide bonds. The van der Waals surface area contributed by atoms with Crippen molar-refractivity contribution in [2.45, 2.75) is 33.7 Å². The molecule has 0 radical (unpaired) electrons. The predicted octanol–water partition coefficient (Wildman–Crippen LogP) is 4.03. The van der Waals surface area contributed by atoms with Gasteiger partial charge >= 0.3 is 0 Å². The van der Waals surface area contributed by atoms with Crippen molar-refractivity contribution in [2.24, 2.45) is 5.92 Å². The first kappa shape index (κ1) is 14.0. The van der Waals surface area contributed by atoms with E-state index in [1.54, 1.807) is 0 Å². The third-order valence-electron chi connectivity index (χ3n) is 2.94. The Morgan fingerprint density at radius 2 is 1.88 bits per heavy atom. The number of nitrogens with zero attached hydrogens (tertiary/aromatic N) is 1. The van der Waals surface area contributed by atoms with Gasteiger partial charge in [0.1, 0.15) is 0 Å². The van der Waals surface area contributed by atoms with Crippen molar-refractivity contribution in [1.29, 1.82) is 0 Å². The predicted molar refractivity (Wildman–Crippen MR) is 76.1 cm³/mol. The van der Waals surface area contributed by atoms with Crippen molar-refractivity contribution in [3.63, 3.8) is 0 Å². The molecule has 0 heterocycles. The van der Waals surface area contributed by atoms with Crippen molar-refractivity contribution in [1.82, 2.24) is 4.90 Å². The fourth-order valence-corrected chi connectivity index (χ4v) is 1.81. The van der Waals surface area contributed by atoms with Crippen LogP contribution in [0, 0.1) is 12.8 Å². The lowest BCUT2D eigenvalue weighted by Gasteiger charge is -2.21. The SMILES string of the molecule is C=CCN(CCC(C)C)Cc1ccc(C)cc1. The molecule has 1 heteroatoms. The summed E-state index contributed by atoms with van der Waals surface area (Å²) < 4.78 is 0. The molecule has 1 aromatic carbocycles. The van der Waals surface area contributed by atoms with Crippen LogP contribution in [0.3, 0.4) is 0 Å². The van der Waals surface area contributed by atoms with Crippen molar-refractivity contribution >= 4 is 0 Å². The van der Waals surface area contributed by atoms with Gasteiger partial charge in [-0.05, 0) is 31.4 Å². The first-order chi connectivity index (χ1) is 8.11. The maximum atomic E-state index is 3.84. The van der Waals surface area contributed by atoms with Crippen molar-refractivity contribution in [3.05, 3.63) is 48.0 Å². The molecule has 0 saturated carbocycles. The molecule has 1 nitrogen and oxygen atoms in total. The summed E-state index contributed by atoms with van der Waals surface area (Å²) in [5, 5.41) is 0. The van der Waals surface area contributed by atoms with E-state index >= 15 is 0 Å². The van der Waals surface area contributed by atoms with E-state index in [1.165, 1.54) is 17.5 Å². The van der Waals surface area contributed by atoms with Crippen LogP contribution in [0.5, 0.6) is 0 Å². The van der Waals surface area contributed by atoms with E-state index in [4.69, 9.17) is 0 Å². The van der Waals surface area contributed by atoms with Gasteiger partial charge in [-0.15, -0.1) is 6.58 Å². The molecule has 0 aliphatic rings. The number of aryl methyl sites for hydroxylation is 1. The molecule has 0 bridgehead atoms. The summed E-state index contributed by atoms with van der Waals surface area (Å²) in [6.45, 7) is 13.7. The van der Waals surface area contributed by atoms with Gasteiger partial charge in [-0.2, -0.15) is 0 Å². The summed E-state index contributed by atoms with van der Waals surface area (Å²) in [6, 6.07) is 8.81. The maximum absolute atomic E-state index is 3.84. The second kappa shape index (κ2) is 7.29. The van der Waals surface area contributed by atoms with Gasteiger partial charge in [0, 0.05) is 13.1 Å². The van der Waals surface area contributed by atoms with E-state index < -0.39 is 0 Å². The van der Waals surface area contributed by atoms with Gasteiger partial charge < -0.3 is 0 Å². The van der Waals surface area contributed by atoms with Crippen molar-refractivity contribution in [2.75, 3.05) is 13.1 Å². The molecular weight excluding hydrogens is 206 g/mol. The first-order valence-corrected chi connectivity index (χ1v) is 6.50. The second-order valence-electron chi connectivity index (χ2n) is 5.19. The first-order valence-electron chi connectivity index (χ1n) is 6.50. The number of hydrogen-bond acceptors (Lipinski definition) is 1. The molecule has 1 rings (SSSR count). The minimum Gasteiger partial charge on any atom is -0.295 e. The van der Waals surface area contributed by atoms with Crippen LogP contribution in [0.15, 0.2) is 36.9 Å². The van der Waals surface area contributed by atoms with Crippen molar-refractivity contribution < 1.29 is 0 Å². The largest absolute Gasteiger partial charge is 0.295 e. The zero-order valence-corrected chi connectivity index (χ0v) is 11.4. The summed E-state index contributed by atoms with van der Waals surface area (Å²) in [6.07, 6.45) is 3.24. The molecule has 0 aliphatic heterocycles. The van der Waals surface area contributed by atoms with Crippen LogP contribution in [0.4, 0.5) is 0 Å². The van der Waals surface area contributed by atoms with Gasteiger partial charge in [0.05, 0.1) is 0 Å². The lowest BCUT2D eigenvalue weighted by Crippen LogP contribution is -2.25. The van der Waals surface area contributed by atoms with Gasteiger partial charge in [0.25, 0.3) is 0 Å². The molecule has 0 aromatic heterocycles. The Balaban J connectivity index is 2.53. The van der Waals surface area contributed by atoms with Crippen LogP contribution in [-0.4, -0.2) is 18.0 Å². The molecule has 17 heavy (non-hydrogen) atoms. The highest BCUT2D eigenvalue weighted by Gasteiger charge is 2.05. The molecule has 1 aromatic rings. The van der Waals surface area contributed by atoms with E-state index in [2.05, 4.69) is 56.5 Å². The van der Waals surface area contributed by atoms with Gasteiger partial charge in [-0.25, -0.2) is 0 Å². The summed E-state index contributed by atoms with van der Waals surface area (Å²) in [4.78, 5) is 2.46. The van der Waals surface area contributed by atoms with Crippen LogP contribution in [0.1, 0.15) is 31.4 Å². The van der Waals surface area contributed by atoms with Crippen LogP contribution in [0.2, 0.25) is 0 Å². The molecule has 0 unspecified atom stereocenters. The number of rotatable bonds is 7. The topological polar surface area (TPSA) is 3.24 Å². The Morgan fingerprint density at radius 3 is 2.41 bits per heavy atom. The molecular formula is C16H25N. The lowest BCUT2D eigenvalue weighted by molar-refractivity contribution is 0.275. The highest BCUT2D eigenvalue weighted by Crippen LogP contribution is 2.09. The minimum atomic E-state index is 0.764. The minimum absolute atomic E-state index is 0.764. The third kappa shape index (κ3) is 5.69. The Bertz CT molecular complexity index is 324. The highest BCUT2D eigenvalue weighted by molar-refractivity contribution is 5.21. The number of hydrogen-bond donors (Lipinski definition) is 0. The molecule has 0 spiro atoms. The van der Waals surface area contributed by atoms with Gasteiger partial charge in [0.15, 0.2) is 0 Å². The number of benzene rings is 1. The van der Waals surface area contributed by atoms with Crippen molar-refractivity contribution in [3.8, 4) is 0 Å². The summed E-state index contributed by atoms with van der Waals surface area (Å²) in [5.74, 6) is 0.764. The Hall–Kier alpha value is -1.08. The van der Waals surface area contributed by atoms with Crippen LogP contribution < -0.4 is 0 Å². The summed E-state index contributed by atoms with van der Waals surface area (Å²) in [5.41, 5.74) is 2.72. The van der Waals surface area contributed by atoms with Crippen LogP contribution in [-0.2, 0) is 6.54 Å². The third-order valence-corrected chi connectivity index (χ3v) is 2.94. The molecule has 0 saturated heterocycles. The molecule has 94 valence electrons. The monoisotopic (exact) mass is 231 g/mol. The van der Waals surface area contributed by atoms with E-state index in [0.717, 1.165) is 25.6 Å². The quantitative estimate of drug-likeness (QED) is 0.640. The van der Waals surface area contributed by atoms with E-state index in [-0.39, 0.29) is 0 Å². The zero-order chi connectivity index (χ0) is 12.7. The van der Waals surface area contributed by atoms with Gasteiger partial charge in [0.2, 0.25) is 0 Å². The van der Waals surface area contributed by atoms with E-state index in [0.29, 0.717) is 0 Å². The summed E-state index contributed by atoms with van der Waals surface area (Å²) in [7, 11) is 0. The molecule has 0 aliphatic carbocycles. The summed E-state index contributed by atoms with van der Waals surface area (Å²) >= 11 is 0. The van der Waals surface area contributed by atoms with Crippen LogP contribution >= 0.6 is 0 Å². The molecule has 0 atom stereocenters. The lowest BCUT2D eigenvalue weighted by atomic mass is 10.1. The highest BCUT2D eigenvalue weighted by atomic mass is 15.1. The average Bonchev–Trinajstić information content (AvgIpc) is 2.29. The maximum Gasteiger partial charge on any atom is 0.0237 e. The second-order valence-corrected chi connectivity index (χ2v) is 5.19. The standard InChI is InChI=1S/C16H25N/c1-5-11-17(12-10-14(2)3)13-16-8-6-15(4)7-9-16/h5-9,14H,1,10-13H2,2-4H3. The molecule has 0 fully saturated rings. The molecule has 0 N–H and O–H groups in total. The Morgan fingerprint density at radius 1 is 1.24 bits per heavy atom. The average molecular weight is 231 g/mol. The Kier molecular flexibility index (Phi) is 5.99.